The molecule has 1 fully saturated rings. The zero-order valence-corrected chi connectivity index (χ0v) is 18.9. The molecule has 1 atom stereocenters. The first-order valence-electron chi connectivity index (χ1n) is 11.0. The third-order valence-corrected chi connectivity index (χ3v) is 6.22. The number of amides is 1. The van der Waals surface area contributed by atoms with Crippen molar-refractivity contribution in [2.75, 3.05) is 39.8 Å². The molecule has 2 aromatic heterocycles. The van der Waals surface area contributed by atoms with Gasteiger partial charge in [-0.25, -0.2) is 4.98 Å². The van der Waals surface area contributed by atoms with Crippen molar-refractivity contribution in [3.63, 3.8) is 0 Å². The van der Waals surface area contributed by atoms with Gasteiger partial charge < -0.3 is 10.2 Å². The summed E-state index contributed by atoms with van der Waals surface area (Å²) >= 11 is 0. The van der Waals surface area contributed by atoms with Crippen molar-refractivity contribution in [2.24, 2.45) is 7.05 Å². The van der Waals surface area contributed by atoms with Crippen LogP contribution in [0.5, 0.6) is 0 Å². The Morgan fingerprint density at radius 2 is 1.90 bits per heavy atom. The lowest BCUT2D eigenvalue weighted by molar-refractivity contribution is 0.0865. The van der Waals surface area contributed by atoms with Gasteiger partial charge in [-0.15, -0.1) is 0 Å². The molecule has 7 nitrogen and oxygen atoms in total. The highest BCUT2D eigenvalue weighted by atomic mass is 16.1. The Morgan fingerprint density at radius 3 is 2.68 bits per heavy atom. The maximum Gasteiger partial charge on any atom is 0.253 e. The number of carbonyl (C=O) groups excluding carboxylic acids is 1. The van der Waals surface area contributed by atoms with Crippen molar-refractivity contribution in [3.05, 3.63) is 58.9 Å². The quantitative estimate of drug-likeness (QED) is 0.621. The smallest absolute Gasteiger partial charge is 0.253 e. The van der Waals surface area contributed by atoms with Gasteiger partial charge in [0.2, 0.25) is 0 Å². The molecule has 3 heterocycles. The summed E-state index contributed by atoms with van der Waals surface area (Å²) in [6.45, 7) is 8.59. The van der Waals surface area contributed by atoms with Crippen LogP contribution in [0.3, 0.4) is 0 Å². The highest BCUT2D eigenvalue weighted by Crippen LogP contribution is 2.25. The summed E-state index contributed by atoms with van der Waals surface area (Å²) in [6.07, 6.45) is 0.916. The van der Waals surface area contributed by atoms with E-state index in [4.69, 9.17) is 0 Å². The van der Waals surface area contributed by atoms with Gasteiger partial charge in [0.1, 0.15) is 0 Å². The molecular weight excluding hydrogens is 388 g/mol. The van der Waals surface area contributed by atoms with E-state index in [1.165, 1.54) is 5.56 Å². The van der Waals surface area contributed by atoms with E-state index in [-0.39, 0.29) is 5.91 Å². The minimum atomic E-state index is -0.0619. The Bertz CT molecular complexity index is 1060. The van der Waals surface area contributed by atoms with Crippen LogP contribution in [-0.4, -0.2) is 70.2 Å². The Kier molecular flexibility index (Phi) is 6.34. The Morgan fingerprint density at radius 1 is 1.13 bits per heavy atom. The third-order valence-electron chi connectivity index (χ3n) is 6.22. The molecule has 1 N–H and O–H groups in total. The van der Waals surface area contributed by atoms with Gasteiger partial charge in [0, 0.05) is 51.2 Å². The molecule has 3 aromatic rings. The van der Waals surface area contributed by atoms with E-state index in [1.807, 2.05) is 27.0 Å². The van der Waals surface area contributed by atoms with Gasteiger partial charge in [0.05, 0.1) is 17.0 Å². The predicted molar refractivity (Wildman–Crippen MR) is 123 cm³/mol. The van der Waals surface area contributed by atoms with Crippen LogP contribution in [0.4, 0.5) is 0 Å². The van der Waals surface area contributed by atoms with E-state index in [1.54, 1.807) is 4.68 Å². The van der Waals surface area contributed by atoms with Gasteiger partial charge in [0.25, 0.3) is 5.91 Å². The number of hydrogen-bond donors (Lipinski definition) is 1. The van der Waals surface area contributed by atoms with E-state index in [9.17, 15) is 4.79 Å². The predicted octanol–water partition coefficient (Wildman–Crippen LogP) is 2.69. The van der Waals surface area contributed by atoms with Gasteiger partial charge in [0.15, 0.2) is 5.65 Å². The lowest BCUT2D eigenvalue weighted by atomic mass is 10.0. The summed E-state index contributed by atoms with van der Waals surface area (Å²) in [5, 5.41) is 8.43. The zero-order chi connectivity index (χ0) is 22.0. The fourth-order valence-corrected chi connectivity index (χ4v) is 4.46. The minimum absolute atomic E-state index is 0.0619. The third kappa shape index (κ3) is 4.62. The number of nitrogens with zero attached hydrogens (tertiary/aromatic N) is 5. The SMILES string of the molecule is Cc1nc2c(cc1C(=O)NCCCN1CCN(C)C[C@@H]1c1ccccc1)c(C)nn2C. The first kappa shape index (κ1) is 21.5. The number of carbonyl (C=O) groups is 1. The van der Waals surface area contributed by atoms with Crippen molar-refractivity contribution in [3.8, 4) is 0 Å². The van der Waals surface area contributed by atoms with Gasteiger partial charge >= 0.3 is 0 Å². The van der Waals surface area contributed by atoms with Gasteiger partial charge in [-0.05, 0) is 38.9 Å². The number of piperazine rings is 1. The first-order valence-corrected chi connectivity index (χ1v) is 11.0. The normalized spacial score (nSPS) is 17.9. The monoisotopic (exact) mass is 420 g/mol. The summed E-state index contributed by atoms with van der Waals surface area (Å²) in [5.41, 5.74) is 4.43. The molecule has 0 spiro atoms. The number of likely N-dealkylation sites (N-methyl/N-ethyl adjacent to an activating group) is 1. The standard InChI is InChI=1S/C24H32N6O/c1-17-21(15-20-18(2)27-29(4)23(20)26-17)24(31)25-11-8-12-30-14-13-28(3)16-22(30)19-9-6-5-7-10-19/h5-7,9-10,15,22H,8,11-14,16H2,1-4H3,(H,25,31)/t22-/m1/s1. The molecule has 1 aliphatic heterocycles. The number of fused-ring (bicyclic) bond motifs is 1. The van der Waals surface area contributed by atoms with Crippen molar-refractivity contribution < 1.29 is 4.79 Å². The van der Waals surface area contributed by atoms with Crippen LogP contribution in [0.2, 0.25) is 0 Å². The van der Waals surface area contributed by atoms with Gasteiger partial charge in [-0.1, -0.05) is 30.3 Å². The molecule has 0 bridgehead atoms. The summed E-state index contributed by atoms with van der Waals surface area (Å²) in [5.74, 6) is -0.0619. The molecule has 164 valence electrons. The second-order valence-electron chi connectivity index (χ2n) is 8.54. The van der Waals surface area contributed by atoms with E-state index in [2.05, 4.69) is 62.6 Å². The van der Waals surface area contributed by atoms with Gasteiger partial charge in [-0.3, -0.25) is 14.4 Å². The number of hydrogen-bond acceptors (Lipinski definition) is 5. The summed E-state index contributed by atoms with van der Waals surface area (Å²) in [6, 6.07) is 13.0. The topological polar surface area (TPSA) is 66.3 Å². The van der Waals surface area contributed by atoms with Crippen LogP contribution >= 0.6 is 0 Å². The maximum absolute atomic E-state index is 12.8. The minimum Gasteiger partial charge on any atom is -0.352 e. The molecule has 0 unspecified atom stereocenters. The summed E-state index contributed by atoms with van der Waals surface area (Å²) in [4.78, 5) is 22.3. The van der Waals surface area contributed by atoms with Crippen LogP contribution in [0.1, 0.15) is 39.8 Å². The Balaban J connectivity index is 1.36. The highest BCUT2D eigenvalue weighted by molar-refractivity contribution is 5.98. The molecule has 1 aromatic carbocycles. The number of pyridine rings is 1. The van der Waals surface area contributed by atoms with Crippen LogP contribution < -0.4 is 5.32 Å². The fraction of sp³-hybridized carbons (Fsp3) is 0.458. The van der Waals surface area contributed by atoms with Crippen LogP contribution in [0, 0.1) is 13.8 Å². The van der Waals surface area contributed by atoms with Gasteiger partial charge in [-0.2, -0.15) is 5.10 Å². The summed E-state index contributed by atoms with van der Waals surface area (Å²) in [7, 11) is 4.06. The fourth-order valence-electron chi connectivity index (χ4n) is 4.46. The molecule has 0 radical (unpaired) electrons. The first-order chi connectivity index (χ1) is 14.9. The Labute approximate surface area is 184 Å². The maximum atomic E-state index is 12.8. The zero-order valence-electron chi connectivity index (χ0n) is 18.9. The molecule has 1 saturated heterocycles. The number of benzene rings is 1. The summed E-state index contributed by atoms with van der Waals surface area (Å²) < 4.78 is 1.76. The van der Waals surface area contributed by atoms with Crippen molar-refractivity contribution in [1.82, 2.24) is 29.9 Å². The molecular formula is C24H32N6O. The van der Waals surface area contributed by atoms with Crippen LogP contribution in [0.15, 0.2) is 36.4 Å². The largest absolute Gasteiger partial charge is 0.352 e. The molecule has 4 rings (SSSR count). The number of aromatic nitrogens is 3. The van der Waals surface area contributed by atoms with Crippen LogP contribution in [-0.2, 0) is 7.05 Å². The highest BCUT2D eigenvalue weighted by Gasteiger charge is 2.26. The molecule has 7 heteroatoms. The second kappa shape index (κ2) is 9.16. The number of nitrogens with one attached hydrogen (secondary N) is 1. The Hall–Kier alpha value is -2.77. The van der Waals surface area contributed by atoms with Crippen molar-refractivity contribution in [1.29, 1.82) is 0 Å². The van der Waals surface area contributed by atoms with E-state index in [0.717, 1.165) is 55.0 Å². The van der Waals surface area contributed by atoms with Crippen molar-refractivity contribution in [2.45, 2.75) is 26.3 Å². The molecule has 1 amide bonds. The van der Waals surface area contributed by atoms with Crippen molar-refractivity contribution >= 4 is 16.9 Å². The van der Waals surface area contributed by atoms with Crippen LogP contribution in [0.25, 0.3) is 11.0 Å². The lowest BCUT2D eigenvalue weighted by Crippen LogP contribution is -2.47. The lowest BCUT2D eigenvalue weighted by Gasteiger charge is -2.40. The average molecular weight is 421 g/mol. The molecule has 0 aliphatic carbocycles. The molecule has 1 aliphatic rings. The second-order valence-corrected chi connectivity index (χ2v) is 8.54. The molecule has 0 saturated carbocycles. The average Bonchev–Trinajstić information content (AvgIpc) is 3.04. The van der Waals surface area contributed by atoms with E-state index < -0.39 is 0 Å². The van der Waals surface area contributed by atoms with E-state index in [0.29, 0.717) is 18.2 Å². The number of rotatable bonds is 6. The molecule has 31 heavy (non-hydrogen) atoms. The number of aryl methyl sites for hydroxylation is 3. The van der Waals surface area contributed by atoms with E-state index >= 15 is 0 Å².